The number of nitrogens with zero attached hydrogens (tertiary/aromatic N) is 1. The summed E-state index contributed by atoms with van der Waals surface area (Å²) in [5.41, 5.74) is 9.00. The average Bonchev–Trinajstić information content (AvgIpc) is 2.90. The fourth-order valence-corrected chi connectivity index (χ4v) is 2.22. The van der Waals surface area contributed by atoms with Gasteiger partial charge in [-0.05, 0) is 5.56 Å². The minimum atomic E-state index is -0.0172. The van der Waals surface area contributed by atoms with Crippen molar-refractivity contribution in [3.05, 3.63) is 52.0 Å². The summed E-state index contributed by atoms with van der Waals surface area (Å²) >= 11 is 6.40. The van der Waals surface area contributed by atoms with Crippen LogP contribution in [-0.2, 0) is 17.8 Å². The first kappa shape index (κ1) is 13.6. The smallest absolute Gasteiger partial charge is 0.224 e. The molecule has 4 nitrogen and oxygen atoms in total. The molecular formula is C13H13N3OS2. The van der Waals surface area contributed by atoms with E-state index in [4.69, 9.17) is 18.0 Å². The maximum Gasteiger partial charge on any atom is 0.224 e. The van der Waals surface area contributed by atoms with E-state index in [-0.39, 0.29) is 5.91 Å². The average molecular weight is 291 g/mol. The SMILES string of the molecule is NC(=S)c1ccc(CC(=O)NCc2cncs2)cc1. The van der Waals surface area contributed by atoms with Gasteiger partial charge in [0.05, 0.1) is 18.5 Å². The zero-order valence-electron chi connectivity index (χ0n) is 10.1. The van der Waals surface area contributed by atoms with Crippen molar-refractivity contribution in [2.45, 2.75) is 13.0 Å². The second kappa shape index (κ2) is 6.40. The summed E-state index contributed by atoms with van der Waals surface area (Å²) in [7, 11) is 0. The molecular weight excluding hydrogens is 278 g/mol. The van der Waals surface area contributed by atoms with Crippen molar-refractivity contribution in [2.75, 3.05) is 0 Å². The summed E-state index contributed by atoms with van der Waals surface area (Å²) in [5.74, 6) is -0.0172. The number of benzene rings is 1. The Morgan fingerprint density at radius 2 is 2.11 bits per heavy atom. The van der Waals surface area contributed by atoms with E-state index in [1.807, 2.05) is 24.3 Å². The summed E-state index contributed by atoms with van der Waals surface area (Å²) < 4.78 is 0. The summed E-state index contributed by atoms with van der Waals surface area (Å²) in [6, 6.07) is 7.38. The van der Waals surface area contributed by atoms with Gasteiger partial charge in [-0.1, -0.05) is 36.5 Å². The second-order valence-corrected chi connectivity index (χ2v) is 5.39. The molecule has 0 spiro atoms. The zero-order chi connectivity index (χ0) is 13.7. The maximum atomic E-state index is 11.7. The van der Waals surface area contributed by atoms with Gasteiger partial charge in [-0.15, -0.1) is 11.3 Å². The van der Waals surface area contributed by atoms with Crippen molar-refractivity contribution >= 4 is 34.5 Å². The van der Waals surface area contributed by atoms with Crippen LogP contribution >= 0.6 is 23.6 Å². The van der Waals surface area contributed by atoms with Gasteiger partial charge in [0.1, 0.15) is 4.99 Å². The molecule has 2 rings (SSSR count). The van der Waals surface area contributed by atoms with Crippen molar-refractivity contribution in [1.29, 1.82) is 0 Å². The number of aromatic nitrogens is 1. The Kier molecular flexibility index (Phi) is 4.59. The standard InChI is InChI=1S/C13H13N3OS2/c14-13(18)10-3-1-9(2-4-10)5-12(17)16-7-11-6-15-8-19-11/h1-4,6,8H,5,7H2,(H2,14,18)(H,16,17). The van der Waals surface area contributed by atoms with Crippen molar-refractivity contribution in [2.24, 2.45) is 5.73 Å². The highest BCUT2D eigenvalue weighted by atomic mass is 32.1. The summed E-state index contributed by atoms with van der Waals surface area (Å²) in [4.78, 5) is 17.1. The third-order valence-corrected chi connectivity index (χ3v) is 3.56. The Morgan fingerprint density at radius 3 is 2.68 bits per heavy atom. The normalized spacial score (nSPS) is 10.1. The molecule has 1 heterocycles. The highest BCUT2D eigenvalue weighted by Gasteiger charge is 2.04. The lowest BCUT2D eigenvalue weighted by Crippen LogP contribution is -2.24. The fourth-order valence-electron chi connectivity index (χ4n) is 1.55. The van der Waals surface area contributed by atoms with Crippen molar-refractivity contribution in [3.63, 3.8) is 0 Å². The topological polar surface area (TPSA) is 68.0 Å². The molecule has 0 aliphatic carbocycles. The largest absolute Gasteiger partial charge is 0.389 e. The molecule has 0 saturated heterocycles. The number of thiazole rings is 1. The van der Waals surface area contributed by atoms with E-state index in [1.165, 1.54) is 11.3 Å². The number of thiocarbonyl (C=S) groups is 1. The molecule has 0 unspecified atom stereocenters. The first-order chi connectivity index (χ1) is 9.15. The predicted octanol–water partition coefficient (Wildman–Crippen LogP) is 1.64. The molecule has 0 atom stereocenters. The predicted molar refractivity (Wildman–Crippen MR) is 80.0 cm³/mol. The third kappa shape index (κ3) is 4.11. The molecule has 2 aromatic rings. The van der Waals surface area contributed by atoms with E-state index in [0.29, 0.717) is 18.0 Å². The summed E-state index contributed by atoms with van der Waals surface area (Å²) in [6.45, 7) is 0.522. The maximum absolute atomic E-state index is 11.7. The van der Waals surface area contributed by atoms with Gasteiger partial charge in [-0.2, -0.15) is 0 Å². The number of nitrogens with two attached hydrogens (primary N) is 1. The van der Waals surface area contributed by atoms with E-state index in [2.05, 4.69) is 10.3 Å². The molecule has 0 radical (unpaired) electrons. The van der Waals surface area contributed by atoms with Crippen molar-refractivity contribution in [3.8, 4) is 0 Å². The molecule has 0 bridgehead atoms. The molecule has 98 valence electrons. The highest BCUT2D eigenvalue weighted by molar-refractivity contribution is 7.80. The van der Waals surface area contributed by atoms with Crippen LogP contribution in [0.3, 0.4) is 0 Å². The Labute approximate surface area is 120 Å². The minimum absolute atomic E-state index is 0.0172. The molecule has 19 heavy (non-hydrogen) atoms. The number of hydrogen-bond donors (Lipinski definition) is 2. The molecule has 1 aromatic heterocycles. The Balaban J connectivity index is 1.86. The second-order valence-electron chi connectivity index (χ2n) is 3.98. The van der Waals surface area contributed by atoms with Crippen LogP contribution in [-0.4, -0.2) is 15.9 Å². The van der Waals surface area contributed by atoms with Crippen molar-refractivity contribution in [1.82, 2.24) is 10.3 Å². The van der Waals surface area contributed by atoms with E-state index < -0.39 is 0 Å². The third-order valence-electron chi connectivity index (χ3n) is 2.55. The van der Waals surface area contributed by atoms with Crippen LogP contribution in [0.25, 0.3) is 0 Å². The summed E-state index contributed by atoms with van der Waals surface area (Å²) in [6.07, 6.45) is 2.10. The quantitative estimate of drug-likeness (QED) is 0.822. The van der Waals surface area contributed by atoms with Gasteiger partial charge in [0.2, 0.25) is 5.91 Å². The molecule has 0 aliphatic rings. The zero-order valence-corrected chi connectivity index (χ0v) is 11.8. The van der Waals surface area contributed by atoms with Crippen LogP contribution < -0.4 is 11.1 Å². The lowest BCUT2D eigenvalue weighted by molar-refractivity contribution is -0.120. The molecule has 1 amide bonds. The van der Waals surface area contributed by atoms with Crippen LogP contribution in [0.1, 0.15) is 16.0 Å². The first-order valence-corrected chi connectivity index (χ1v) is 6.97. The van der Waals surface area contributed by atoms with Crippen LogP contribution in [0, 0.1) is 0 Å². The fraction of sp³-hybridized carbons (Fsp3) is 0.154. The van der Waals surface area contributed by atoms with Gasteiger partial charge in [0, 0.05) is 16.6 Å². The van der Waals surface area contributed by atoms with Crippen LogP contribution in [0.15, 0.2) is 36.0 Å². The Hall–Kier alpha value is -1.79. The monoisotopic (exact) mass is 291 g/mol. The number of hydrogen-bond acceptors (Lipinski definition) is 4. The number of carbonyl (C=O) groups excluding carboxylic acids is 1. The number of rotatable bonds is 5. The molecule has 0 fully saturated rings. The lowest BCUT2D eigenvalue weighted by Gasteiger charge is -2.04. The molecule has 3 N–H and O–H groups in total. The molecule has 1 aromatic carbocycles. The van der Waals surface area contributed by atoms with Crippen LogP contribution in [0.4, 0.5) is 0 Å². The first-order valence-electron chi connectivity index (χ1n) is 5.68. The van der Waals surface area contributed by atoms with Gasteiger partial charge in [0.15, 0.2) is 0 Å². The lowest BCUT2D eigenvalue weighted by atomic mass is 10.1. The Bertz CT molecular complexity index is 564. The Morgan fingerprint density at radius 1 is 1.37 bits per heavy atom. The van der Waals surface area contributed by atoms with Gasteiger partial charge in [-0.3, -0.25) is 9.78 Å². The molecule has 6 heteroatoms. The minimum Gasteiger partial charge on any atom is -0.389 e. The van der Waals surface area contributed by atoms with Gasteiger partial charge in [-0.25, -0.2) is 0 Å². The van der Waals surface area contributed by atoms with Gasteiger partial charge < -0.3 is 11.1 Å². The summed E-state index contributed by atoms with van der Waals surface area (Å²) in [5, 5.41) is 2.85. The highest BCUT2D eigenvalue weighted by Crippen LogP contribution is 2.07. The van der Waals surface area contributed by atoms with E-state index in [1.54, 1.807) is 11.7 Å². The molecule has 0 aliphatic heterocycles. The van der Waals surface area contributed by atoms with E-state index in [9.17, 15) is 4.79 Å². The number of amides is 1. The van der Waals surface area contributed by atoms with E-state index in [0.717, 1.165) is 16.0 Å². The van der Waals surface area contributed by atoms with Crippen LogP contribution in [0.2, 0.25) is 0 Å². The van der Waals surface area contributed by atoms with Gasteiger partial charge in [0.25, 0.3) is 0 Å². The van der Waals surface area contributed by atoms with Gasteiger partial charge >= 0.3 is 0 Å². The van der Waals surface area contributed by atoms with Crippen LogP contribution in [0.5, 0.6) is 0 Å². The van der Waals surface area contributed by atoms with E-state index >= 15 is 0 Å². The van der Waals surface area contributed by atoms with Crippen molar-refractivity contribution < 1.29 is 4.79 Å². The number of nitrogens with one attached hydrogen (secondary N) is 1. The molecule has 0 saturated carbocycles. The number of carbonyl (C=O) groups is 1.